The molecule has 0 rings (SSSR count). The summed E-state index contributed by atoms with van der Waals surface area (Å²) in [4.78, 5) is 1.73. The second-order valence-corrected chi connectivity index (χ2v) is 2.77. The van der Waals surface area contributed by atoms with Gasteiger partial charge >= 0.3 is 0 Å². The van der Waals surface area contributed by atoms with Gasteiger partial charge in [0.25, 0.3) is 0 Å². The van der Waals surface area contributed by atoms with Crippen LogP contribution in [0.2, 0.25) is 0 Å². The maximum Gasteiger partial charge on any atom is 0.150 e. The van der Waals surface area contributed by atoms with E-state index in [1.807, 2.05) is 19.5 Å². The van der Waals surface area contributed by atoms with Crippen LogP contribution < -0.4 is 0 Å². The normalized spacial score (nSPS) is 7.62. The highest BCUT2D eigenvalue weighted by atomic mass is 32.2. The molecule has 0 unspecified atom stereocenters. The summed E-state index contributed by atoms with van der Waals surface area (Å²) in [5, 5.41) is 9.97. The number of thiocarbonyl (C=S) groups is 1. The average molecular weight is 146 g/mol. The molecule has 0 spiro atoms. The predicted molar refractivity (Wildman–Crippen MR) is 39.5 cm³/mol. The first kappa shape index (κ1) is 7.73. The zero-order chi connectivity index (χ0) is 6.57. The van der Waals surface area contributed by atoms with Gasteiger partial charge in [0.1, 0.15) is 9.72 Å². The Kier molecular flexibility index (Phi) is 3.57. The largest absolute Gasteiger partial charge is 0.363 e. The van der Waals surface area contributed by atoms with Gasteiger partial charge in [0.05, 0.1) is 0 Å². The van der Waals surface area contributed by atoms with Gasteiger partial charge in [-0.25, -0.2) is 0 Å². The van der Waals surface area contributed by atoms with Crippen molar-refractivity contribution in [1.29, 1.82) is 5.26 Å². The molecular weight excluding hydrogens is 140 g/mol. The van der Waals surface area contributed by atoms with Crippen LogP contribution in [0.5, 0.6) is 0 Å². The van der Waals surface area contributed by atoms with Crippen molar-refractivity contribution >= 4 is 28.3 Å². The van der Waals surface area contributed by atoms with Crippen LogP contribution >= 0.6 is 24.0 Å². The standard InChI is InChI=1S/C4H6N2S2/c1-6(2)4(7)8-3-5/h1-2H3. The molecule has 0 aliphatic heterocycles. The van der Waals surface area contributed by atoms with Crippen molar-refractivity contribution in [1.82, 2.24) is 4.90 Å². The maximum atomic E-state index is 8.08. The van der Waals surface area contributed by atoms with E-state index in [0.717, 1.165) is 11.8 Å². The van der Waals surface area contributed by atoms with Gasteiger partial charge in [-0.1, -0.05) is 12.2 Å². The van der Waals surface area contributed by atoms with Crippen LogP contribution in [0.4, 0.5) is 0 Å². The number of hydrogen-bond donors (Lipinski definition) is 0. The molecule has 0 aliphatic carbocycles. The van der Waals surface area contributed by atoms with E-state index in [1.165, 1.54) is 0 Å². The first-order chi connectivity index (χ1) is 3.68. The molecule has 8 heavy (non-hydrogen) atoms. The second kappa shape index (κ2) is 3.70. The van der Waals surface area contributed by atoms with Crippen molar-refractivity contribution in [2.75, 3.05) is 14.1 Å². The fourth-order valence-corrected chi connectivity index (χ4v) is 0.503. The quantitative estimate of drug-likeness (QED) is 0.377. The van der Waals surface area contributed by atoms with E-state index in [0.29, 0.717) is 4.32 Å². The fraction of sp³-hybridized carbons (Fsp3) is 0.500. The Morgan fingerprint density at radius 1 is 1.75 bits per heavy atom. The molecule has 0 atom stereocenters. The summed E-state index contributed by atoms with van der Waals surface area (Å²) in [6, 6.07) is 0. The lowest BCUT2D eigenvalue weighted by atomic mass is 11.0. The number of rotatable bonds is 0. The second-order valence-electron chi connectivity index (χ2n) is 1.35. The minimum atomic E-state index is 0.604. The fourth-order valence-electron chi connectivity index (χ4n) is 0.130. The molecule has 0 aliphatic rings. The number of nitriles is 1. The molecule has 0 fully saturated rings. The molecular formula is C4H6N2S2. The first-order valence-electron chi connectivity index (χ1n) is 1.95. The third kappa shape index (κ3) is 2.83. The average Bonchev–Trinajstić information content (AvgIpc) is 1.67. The molecule has 0 heterocycles. The summed E-state index contributed by atoms with van der Waals surface area (Å²) >= 11 is 5.75. The highest BCUT2D eigenvalue weighted by molar-refractivity contribution is 8.25. The van der Waals surface area contributed by atoms with Gasteiger partial charge < -0.3 is 4.90 Å². The summed E-state index contributed by atoms with van der Waals surface area (Å²) in [5.41, 5.74) is 0. The van der Waals surface area contributed by atoms with Gasteiger partial charge in [-0.15, -0.1) is 0 Å². The van der Waals surface area contributed by atoms with Crippen molar-refractivity contribution in [3.05, 3.63) is 0 Å². The third-order valence-electron chi connectivity index (χ3n) is 0.498. The van der Waals surface area contributed by atoms with E-state index in [1.54, 1.807) is 4.90 Å². The Morgan fingerprint density at radius 2 is 2.25 bits per heavy atom. The van der Waals surface area contributed by atoms with E-state index in [9.17, 15) is 0 Å². The van der Waals surface area contributed by atoms with Crippen molar-refractivity contribution < 1.29 is 0 Å². The van der Waals surface area contributed by atoms with Gasteiger partial charge in [-0.2, -0.15) is 5.26 Å². The Labute approximate surface area is 58.5 Å². The molecule has 0 amide bonds. The molecule has 0 radical (unpaired) electrons. The van der Waals surface area contributed by atoms with Gasteiger partial charge in [0.15, 0.2) is 0 Å². The van der Waals surface area contributed by atoms with Crippen LogP contribution in [0.3, 0.4) is 0 Å². The van der Waals surface area contributed by atoms with Crippen LogP contribution in [0.15, 0.2) is 0 Å². The SMILES string of the molecule is CN(C)C(=S)SC#N. The summed E-state index contributed by atoms with van der Waals surface area (Å²) in [7, 11) is 3.62. The van der Waals surface area contributed by atoms with Crippen molar-refractivity contribution in [3.63, 3.8) is 0 Å². The van der Waals surface area contributed by atoms with Crippen molar-refractivity contribution in [2.45, 2.75) is 0 Å². The Morgan fingerprint density at radius 3 is 2.38 bits per heavy atom. The summed E-state index contributed by atoms with van der Waals surface area (Å²) < 4.78 is 0.604. The molecule has 4 heteroatoms. The van der Waals surface area contributed by atoms with Crippen LogP contribution in [-0.2, 0) is 0 Å². The van der Waals surface area contributed by atoms with E-state index in [2.05, 4.69) is 0 Å². The highest BCUT2D eigenvalue weighted by Crippen LogP contribution is 2.01. The van der Waals surface area contributed by atoms with E-state index in [4.69, 9.17) is 17.5 Å². The van der Waals surface area contributed by atoms with Crippen LogP contribution in [0.25, 0.3) is 0 Å². The van der Waals surface area contributed by atoms with Crippen LogP contribution in [-0.4, -0.2) is 23.3 Å². The van der Waals surface area contributed by atoms with E-state index >= 15 is 0 Å². The molecule has 2 nitrogen and oxygen atoms in total. The topological polar surface area (TPSA) is 27.0 Å². The van der Waals surface area contributed by atoms with E-state index < -0.39 is 0 Å². The zero-order valence-corrected chi connectivity index (χ0v) is 6.34. The number of nitrogens with zero attached hydrogens (tertiary/aromatic N) is 2. The molecule has 0 saturated heterocycles. The molecule has 0 aromatic carbocycles. The molecule has 0 bridgehead atoms. The molecule has 0 aromatic heterocycles. The minimum absolute atomic E-state index is 0.604. The molecule has 44 valence electrons. The Hall–Kier alpha value is -0.270. The zero-order valence-electron chi connectivity index (χ0n) is 4.71. The van der Waals surface area contributed by atoms with Crippen molar-refractivity contribution in [3.8, 4) is 5.40 Å². The Balaban J connectivity index is 3.53. The monoisotopic (exact) mass is 146 g/mol. The summed E-state index contributed by atoms with van der Waals surface area (Å²) in [5.74, 6) is 0. The number of thiocyanates is 1. The Bertz CT molecular complexity index is 124. The highest BCUT2D eigenvalue weighted by Gasteiger charge is 1.95. The number of hydrogen-bond acceptors (Lipinski definition) is 3. The van der Waals surface area contributed by atoms with Crippen LogP contribution in [0, 0.1) is 10.7 Å². The molecule has 0 aromatic rings. The van der Waals surface area contributed by atoms with E-state index in [-0.39, 0.29) is 0 Å². The maximum absolute atomic E-state index is 8.08. The van der Waals surface area contributed by atoms with Gasteiger partial charge in [0.2, 0.25) is 0 Å². The molecule has 0 N–H and O–H groups in total. The lowest BCUT2D eigenvalue weighted by Gasteiger charge is -2.07. The predicted octanol–water partition coefficient (Wildman–Crippen LogP) is 1.05. The smallest absolute Gasteiger partial charge is 0.150 e. The molecule has 0 saturated carbocycles. The van der Waals surface area contributed by atoms with Gasteiger partial charge in [-0.05, 0) is 0 Å². The lowest BCUT2D eigenvalue weighted by molar-refractivity contribution is 0.648. The minimum Gasteiger partial charge on any atom is -0.363 e. The number of thioether (sulfide) groups is 1. The summed E-state index contributed by atoms with van der Waals surface area (Å²) in [6.07, 6.45) is 0. The van der Waals surface area contributed by atoms with Gasteiger partial charge in [0, 0.05) is 25.9 Å². The first-order valence-corrected chi connectivity index (χ1v) is 3.18. The third-order valence-corrected chi connectivity index (χ3v) is 1.74. The van der Waals surface area contributed by atoms with Gasteiger partial charge in [-0.3, -0.25) is 0 Å². The van der Waals surface area contributed by atoms with Crippen LogP contribution in [0.1, 0.15) is 0 Å². The van der Waals surface area contributed by atoms with Crippen molar-refractivity contribution in [2.24, 2.45) is 0 Å². The lowest BCUT2D eigenvalue weighted by Crippen LogP contribution is -2.15. The summed E-state index contributed by atoms with van der Waals surface area (Å²) in [6.45, 7) is 0.